The molecule has 0 unspecified atom stereocenters. The third-order valence-electron chi connectivity index (χ3n) is 8.07. The van der Waals surface area contributed by atoms with Gasteiger partial charge in [-0.25, -0.2) is 4.79 Å². The van der Waals surface area contributed by atoms with Gasteiger partial charge in [-0.2, -0.15) is 0 Å². The molecule has 0 radical (unpaired) electrons. The van der Waals surface area contributed by atoms with Crippen LogP contribution in [0.4, 0.5) is 0 Å². The van der Waals surface area contributed by atoms with Crippen LogP contribution in [-0.2, 0) is 13.2 Å². The standard InChI is InChI=1S/C33H38N2O6.Na/c1-22-18-28(39-17-16-33(38)14-5-4-6-15-33)19-23(2)30(22)29-9-7-8-26(24(29)3)21-40-27-12-10-25(11-13-27)20-35-31(36)34-32(37)41-35;/h7-13,18-19,38H,4-6,14-17,20-21H2,1-3H3,(H,34,36,37);/q;+1/p-1. The number of hydrogen-bond donors (Lipinski definition) is 1. The van der Waals surface area contributed by atoms with Gasteiger partial charge in [0.05, 0.1) is 12.2 Å². The number of aromatic nitrogens is 2. The molecule has 1 aliphatic carbocycles. The van der Waals surface area contributed by atoms with E-state index in [1.54, 1.807) is 0 Å². The molecule has 1 aromatic heterocycles. The van der Waals surface area contributed by atoms with Gasteiger partial charge < -0.3 is 24.1 Å². The number of hydrogen-bond acceptors (Lipinski definition) is 6. The molecular formula is C33H37N2NaO6. The maximum Gasteiger partial charge on any atom is 1.00 e. The van der Waals surface area contributed by atoms with Crippen molar-refractivity contribution < 1.29 is 48.7 Å². The summed E-state index contributed by atoms with van der Waals surface area (Å²) in [7, 11) is 0. The molecule has 0 spiro atoms. The summed E-state index contributed by atoms with van der Waals surface area (Å²) in [4.78, 5) is 26.0. The maximum absolute atomic E-state index is 11.6. The molecule has 42 heavy (non-hydrogen) atoms. The summed E-state index contributed by atoms with van der Waals surface area (Å²) in [5.41, 5.74) is 6.39. The van der Waals surface area contributed by atoms with E-state index in [4.69, 9.17) is 14.0 Å². The molecule has 9 heteroatoms. The Balaban J connectivity index is 0.00000405. The van der Waals surface area contributed by atoms with Gasteiger partial charge in [0.2, 0.25) is 0 Å². The minimum absolute atomic E-state index is 0. The molecule has 1 N–H and O–H groups in total. The van der Waals surface area contributed by atoms with E-state index in [2.05, 4.69) is 56.1 Å². The molecular weight excluding hydrogens is 543 g/mol. The van der Waals surface area contributed by atoms with E-state index < -0.39 is 17.0 Å². The van der Waals surface area contributed by atoms with Crippen LogP contribution in [0.25, 0.3) is 11.1 Å². The van der Waals surface area contributed by atoms with Crippen molar-refractivity contribution in [3.8, 4) is 22.6 Å². The number of aliphatic hydroxyl groups is 1. The van der Waals surface area contributed by atoms with Crippen LogP contribution in [0.15, 0.2) is 68.7 Å². The molecule has 4 aromatic rings. The van der Waals surface area contributed by atoms with Crippen molar-refractivity contribution in [1.82, 2.24) is 9.72 Å². The van der Waals surface area contributed by atoms with Gasteiger partial charge in [-0.1, -0.05) is 49.6 Å². The molecule has 5 rings (SSSR count). The molecule has 1 heterocycles. The van der Waals surface area contributed by atoms with Crippen molar-refractivity contribution in [3.63, 3.8) is 0 Å². The van der Waals surface area contributed by atoms with E-state index in [0.29, 0.717) is 25.4 Å². The molecule has 0 bridgehead atoms. The summed E-state index contributed by atoms with van der Waals surface area (Å²) >= 11 is 0. The van der Waals surface area contributed by atoms with Crippen molar-refractivity contribution in [2.45, 2.75) is 78.0 Å². The fourth-order valence-electron chi connectivity index (χ4n) is 5.77. The summed E-state index contributed by atoms with van der Waals surface area (Å²) in [6.07, 6.45) is 5.81. The van der Waals surface area contributed by atoms with Crippen LogP contribution in [0.2, 0.25) is 0 Å². The van der Waals surface area contributed by atoms with E-state index in [1.807, 2.05) is 24.3 Å². The summed E-state index contributed by atoms with van der Waals surface area (Å²) < 4.78 is 17.9. The fourth-order valence-corrected chi connectivity index (χ4v) is 5.77. The first-order valence-corrected chi connectivity index (χ1v) is 14.2. The topological polar surface area (TPSA) is 105 Å². The molecule has 1 saturated carbocycles. The zero-order valence-corrected chi connectivity index (χ0v) is 26.9. The molecule has 0 amide bonds. The van der Waals surface area contributed by atoms with Crippen molar-refractivity contribution in [2.24, 2.45) is 0 Å². The second kappa shape index (κ2) is 14.0. The van der Waals surface area contributed by atoms with E-state index >= 15 is 0 Å². The van der Waals surface area contributed by atoms with Crippen molar-refractivity contribution in [3.05, 3.63) is 103 Å². The van der Waals surface area contributed by atoms with Crippen molar-refractivity contribution in [1.29, 1.82) is 0 Å². The van der Waals surface area contributed by atoms with E-state index in [1.165, 1.54) is 12.0 Å². The normalized spacial score (nSPS) is 14.3. The third-order valence-corrected chi connectivity index (χ3v) is 8.07. The predicted molar refractivity (Wildman–Crippen MR) is 157 cm³/mol. The Morgan fingerprint density at radius 3 is 2.26 bits per heavy atom. The van der Waals surface area contributed by atoms with Crippen LogP contribution < -0.4 is 55.5 Å². The van der Waals surface area contributed by atoms with Crippen LogP contribution in [0, 0.1) is 20.8 Å². The Labute approximate surface area is 267 Å². The molecule has 8 nitrogen and oxygen atoms in total. The molecule has 1 fully saturated rings. The second-order valence-electron chi connectivity index (χ2n) is 11.1. The van der Waals surface area contributed by atoms with Crippen LogP contribution in [0.1, 0.15) is 66.3 Å². The van der Waals surface area contributed by atoms with Crippen LogP contribution in [-0.4, -0.2) is 22.1 Å². The molecule has 0 atom stereocenters. The first-order valence-electron chi connectivity index (χ1n) is 14.2. The predicted octanol–water partition coefficient (Wildman–Crippen LogP) is 2.45. The Kier molecular flexibility index (Phi) is 10.6. The molecule has 216 valence electrons. The minimum Gasteiger partial charge on any atom is -0.493 e. The van der Waals surface area contributed by atoms with Crippen molar-refractivity contribution >= 4 is 0 Å². The van der Waals surface area contributed by atoms with Gasteiger partial charge >= 0.3 is 35.3 Å². The average Bonchev–Trinajstić information content (AvgIpc) is 3.25. The molecule has 0 aliphatic heterocycles. The van der Waals surface area contributed by atoms with Crippen LogP contribution in [0.3, 0.4) is 0 Å². The quantitative estimate of drug-likeness (QED) is 0.288. The minimum atomic E-state index is -0.896. The Morgan fingerprint density at radius 1 is 0.929 bits per heavy atom. The van der Waals surface area contributed by atoms with Gasteiger partial charge in [0, 0.05) is 13.0 Å². The number of benzene rings is 3. The Morgan fingerprint density at radius 2 is 1.62 bits per heavy atom. The van der Waals surface area contributed by atoms with Gasteiger partial charge in [-0.15, -0.1) is 0 Å². The monoisotopic (exact) mass is 580 g/mol. The van der Waals surface area contributed by atoms with Crippen molar-refractivity contribution in [2.75, 3.05) is 6.61 Å². The average molecular weight is 581 g/mol. The van der Waals surface area contributed by atoms with E-state index in [9.17, 15) is 14.7 Å². The van der Waals surface area contributed by atoms with Gasteiger partial charge in [0.15, 0.2) is 5.69 Å². The maximum atomic E-state index is 11.6. The second-order valence-corrected chi connectivity index (χ2v) is 11.1. The number of aryl methyl sites for hydroxylation is 2. The third kappa shape index (κ3) is 7.67. The summed E-state index contributed by atoms with van der Waals surface area (Å²) in [6.45, 7) is 7.38. The van der Waals surface area contributed by atoms with Gasteiger partial charge in [-0.3, -0.25) is 9.53 Å². The molecule has 1 aliphatic rings. The van der Waals surface area contributed by atoms with Gasteiger partial charge in [0.1, 0.15) is 18.1 Å². The smallest absolute Gasteiger partial charge is 0.493 e. The van der Waals surface area contributed by atoms with E-state index in [0.717, 1.165) is 69.6 Å². The Hall–Kier alpha value is -3.04. The van der Waals surface area contributed by atoms with Crippen LogP contribution >= 0.6 is 0 Å². The molecule has 3 aromatic carbocycles. The first-order chi connectivity index (χ1) is 19.7. The summed E-state index contributed by atoms with van der Waals surface area (Å²) in [6, 6.07) is 17.7. The zero-order valence-electron chi connectivity index (χ0n) is 24.9. The molecule has 0 saturated heterocycles. The summed E-state index contributed by atoms with van der Waals surface area (Å²) in [5, 5.41) is 10.8. The zero-order chi connectivity index (χ0) is 29.0. The number of nitrogens with zero attached hydrogens (tertiary/aromatic N) is 2. The van der Waals surface area contributed by atoms with Gasteiger partial charge in [0.25, 0.3) is 0 Å². The summed E-state index contributed by atoms with van der Waals surface area (Å²) in [5.74, 6) is 0.637. The number of ether oxygens (including phenoxy) is 2. The first kappa shape index (κ1) is 31.9. The van der Waals surface area contributed by atoms with E-state index in [-0.39, 0.29) is 36.1 Å². The number of rotatable bonds is 10. The van der Waals surface area contributed by atoms with Gasteiger partial charge in [-0.05, 0) is 96.8 Å². The van der Waals surface area contributed by atoms with Crippen LogP contribution in [0.5, 0.6) is 11.5 Å². The largest absolute Gasteiger partial charge is 1.00 e. The fraction of sp³-hybridized carbons (Fsp3) is 0.394. The Bertz CT molecular complexity index is 1590. The SMILES string of the molecule is Cc1cc(OCCC2(O)CCCCC2)cc(C)c1-c1cccc(COc2ccc(Cn3oc(=O)[n-]c3=O)cc2)c1C.[Na+].